The van der Waals surface area contributed by atoms with Crippen LogP contribution in [0.25, 0.3) is 22.7 Å². The summed E-state index contributed by atoms with van der Waals surface area (Å²) < 4.78 is 12.1. The van der Waals surface area contributed by atoms with E-state index in [0.29, 0.717) is 0 Å². The molecule has 0 unspecified atom stereocenters. The van der Waals surface area contributed by atoms with Crippen molar-refractivity contribution < 1.29 is 19.4 Å². The van der Waals surface area contributed by atoms with Crippen molar-refractivity contribution in [1.82, 2.24) is 4.98 Å². The number of benzene rings is 3. The molecule has 0 spiro atoms. The molecular weight excluding hydrogens is 629 g/mol. The number of anilines is 3. The standard InChI is InChI=1S/C42H46N2O4S/c1-3-5-7-9-29-47-37-21-17-35(18-22-37)44(36-19-23-38(24-20-36)48-30-10-8-6-4-2)34-15-11-32(12-16-34)13-25-39-26-28-41(49-39)40-27-14-33(31-43-40)42(45)46/h11-28,31H,3-10,29-30H2,1-2H3,(H,45,46)/b25-13+. The molecule has 1 N–H and O–H groups in total. The summed E-state index contributed by atoms with van der Waals surface area (Å²) in [5.41, 5.74) is 5.17. The zero-order chi connectivity index (χ0) is 34.3. The molecule has 0 aliphatic rings. The van der Waals surface area contributed by atoms with Gasteiger partial charge in [-0.15, -0.1) is 11.3 Å². The van der Waals surface area contributed by atoms with Crippen LogP contribution in [-0.4, -0.2) is 29.3 Å². The van der Waals surface area contributed by atoms with Crippen molar-refractivity contribution in [3.05, 3.63) is 119 Å². The van der Waals surface area contributed by atoms with Gasteiger partial charge >= 0.3 is 5.97 Å². The number of aromatic carboxylic acids is 1. The van der Waals surface area contributed by atoms with Gasteiger partial charge < -0.3 is 19.5 Å². The summed E-state index contributed by atoms with van der Waals surface area (Å²) in [5.74, 6) is 0.796. The average molecular weight is 675 g/mol. The van der Waals surface area contributed by atoms with Gasteiger partial charge in [0.2, 0.25) is 0 Å². The van der Waals surface area contributed by atoms with Crippen molar-refractivity contribution in [2.75, 3.05) is 18.1 Å². The second-order valence-corrected chi connectivity index (χ2v) is 13.1. The normalized spacial score (nSPS) is 11.1. The first-order chi connectivity index (χ1) is 24.0. The smallest absolute Gasteiger partial charge is 0.337 e. The van der Waals surface area contributed by atoms with Crippen molar-refractivity contribution >= 4 is 46.5 Å². The summed E-state index contributed by atoms with van der Waals surface area (Å²) in [7, 11) is 0. The summed E-state index contributed by atoms with van der Waals surface area (Å²) in [6, 6.07) is 32.6. The molecule has 0 aliphatic heterocycles. The number of ether oxygens (including phenoxy) is 2. The zero-order valence-corrected chi connectivity index (χ0v) is 29.3. The fraction of sp³-hybridized carbons (Fsp3) is 0.286. The highest BCUT2D eigenvalue weighted by Gasteiger charge is 2.13. The Balaban J connectivity index is 1.30. The molecule has 0 bridgehead atoms. The second-order valence-electron chi connectivity index (χ2n) is 12.0. The van der Waals surface area contributed by atoms with Gasteiger partial charge in [0.15, 0.2) is 0 Å². The number of thiophene rings is 1. The van der Waals surface area contributed by atoms with Crippen molar-refractivity contribution in [1.29, 1.82) is 0 Å². The first-order valence-electron chi connectivity index (χ1n) is 17.4. The Hall–Kier alpha value is -4.88. The molecule has 0 radical (unpaired) electrons. The number of hydrogen-bond acceptors (Lipinski definition) is 6. The van der Waals surface area contributed by atoms with E-state index in [1.165, 1.54) is 44.7 Å². The predicted octanol–water partition coefficient (Wildman–Crippen LogP) is 12.1. The molecule has 5 aromatic rings. The predicted molar refractivity (Wildman–Crippen MR) is 204 cm³/mol. The van der Waals surface area contributed by atoms with Gasteiger partial charge in [-0.05, 0) is 109 Å². The van der Waals surface area contributed by atoms with Gasteiger partial charge in [0.25, 0.3) is 0 Å². The summed E-state index contributed by atoms with van der Waals surface area (Å²) in [6.07, 6.45) is 15.0. The van der Waals surface area contributed by atoms with Crippen molar-refractivity contribution in [3.63, 3.8) is 0 Å². The molecule has 2 aromatic heterocycles. The molecule has 3 aromatic carbocycles. The van der Waals surface area contributed by atoms with Gasteiger partial charge in [-0.3, -0.25) is 4.98 Å². The summed E-state index contributed by atoms with van der Waals surface area (Å²) in [4.78, 5) is 19.8. The fourth-order valence-corrected chi connectivity index (χ4v) is 6.31. The van der Waals surface area contributed by atoms with Crippen LogP contribution in [0.15, 0.2) is 103 Å². The Morgan fingerprint density at radius 1 is 0.673 bits per heavy atom. The lowest BCUT2D eigenvalue weighted by Gasteiger charge is -2.26. The van der Waals surface area contributed by atoms with E-state index in [-0.39, 0.29) is 5.56 Å². The number of unbranched alkanes of at least 4 members (excludes halogenated alkanes) is 6. The molecule has 254 valence electrons. The largest absolute Gasteiger partial charge is 0.494 e. The summed E-state index contributed by atoms with van der Waals surface area (Å²) in [6.45, 7) is 5.92. The van der Waals surface area contributed by atoms with Crippen LogP contribution in [0.1, 0.15) is 86.0 Å². The van der Waals surface area contributed by atoms with Crippen LogP contribution in [0.3, 0.4) is 0 Å². The Kier molecular flexibility index (Phi) is 13.5. The zero-order valence-electron chi connectivity index (χ0n) is 28.5. The first kappa shape index (κ1) is 35.4. The molecule has 7 heteroatoms. The van der Waals surface area contributed by atoms with E-state index in [9.17, 15) is 4.79 Å². The highest BCUT2D eigenvalue weighted by atomic mass is 32.1. The third-order valence-corrected chi connectivity index (χ3v) is 9.28. The molecular formula is C42H46N2O4S. The minimum Gasteiger partial charge on any atom is -0.494 e. The minimum absolute atomic E-state index is 0.181. The number of nitrogens with zero attached hydrogens (tertiary/aromatic N) is 2. The molecule has 0 saturated heterocycles. The maximum atomic E-state index is 11.2. The topological polar surface area (TPSA) is 71.9 Å². The maximum Gasteiger partial charge on any atom is 0.337 e. The van der Waals surface area contributed by atoms with Crippen molar-refractivity contribution in [3.8, 4) is 22.1 Å². The van der Waals surface area contributed by atoms with E-state index in [2.05, 4.69) is 115 Å². The van der Waals surface area contributed by atoms with E-state index in [4.69, 9.17) is 14.6 Å². The van der Waals surface area contributed by atoms with Crippen LogP contribution in [0.5, 0.6) is 11.5 Å². The van der Waals surface area contributed by atoms with Crippen LogP contribution < -0.4 is 14.4 Å². The molecule has 6 nitrogen and oxygen atoms in total. The van der Waals surface area contributed by atoms with Crippen molar-refractivity contribution in [2.24, 2.45) is 0 Å². The Morgan fingerprint density at radius 3 is 1.71 bits per heavy atom. The van der Waals surface area contributed by atoms with Crippen LogP contribution in [0.4, 0.5) is 17.1 Å². The van der Waals surface area contributed by atoms with Gasteiger partial charge in [-0.1, -0.05) is 70.6 Å². The molecule has 2 heterocycles. The molecule has 0 aliphatic carbocycles. The van der Waals surface area contributed by atoms with E-state index in [1.807, 2.05) is 6.07 Å². The molecule has 0 amide bonds. The molecule has 0 fully saturated rings. The monoisotopic (exact) mass is 674 g/mol. The number of pyridine rings is 1. The summed E-state index contributed by atoms with van der Waals surface area (Å²) >= 11 is 1.61. The third kappa shape index (κ3) is 10.6. The lowest BCUT2D eigenvalue weighted by atomic mass is 10.1. The van der Waals surface area contributed by atoms with Crippen LogP contribution >= 0.6 is 11.3 Å². The number of aromatic nitrogens is 1. The lowest BCUT2D eigenvalue weighted by molar-refractivity contribution is 0.0696. The Morgan fingerprint density at radius 2 is 1.22 bits per heavy atom. The Labute approximate surface area is 294 Å². The quantitative estimate of drug-likeness (QED) is 0.0879. The number of carbonyl (C=O) groups is 1. The second kappa shape index (κ2) is 18.6. The summed E-state index contributed by atoms with van der Waals surface area (Å²) in [5, 5.41) is 9.15. The van der Waals surface area contributed by atoms with E-state index >= 15 is 0 Å². The maximum absolute atomic E-state index is 11.2. The highest BCUT2D eigenvalue weighted by molar-refractivity contribution is 7.16. The fourth-order valence-electron chi connectivity index (χ4n) is 5.43. The lowest BCUT2D eigenvalue weighted by Crippen LogP contribution is -2.10. The van der Waals surface area contributed by atoms with Crippen LogP contribution in [0.2, 0.25) is 0 Å². The first-order valence-corrected chi connectivity index (χ1v) is 18.2. The van der Waals surface area contributed by atoms with E-state index in [0.717, 1.165) is 75.6 Å². The van der Waals surface area contributed by atoms with Gasteiger partial charge in [0, 0.05) is 28.1 Å². The van der Waals surface area contributed by atoms with E-state index < -0.39 is 5.97 Å². The van der Waals surface area contributed by atoms with Gasteiger partial charge in [0.05, 0.1) is 29.3 Å². The Bertz CT molecular complexity index is 1690. The number of carboxylic acid groups (broad SMARTS) is 1. The number of hydrogen-bond donors (Lipinski definition) is 1. The van der Waals surface area contributed by atoms with Gasteiger partial charge in [-0.2, -0.15) is 0 Å². The van der Waals surface area contributed by atoms with Crippen LogP contribution in [-0.2, 0) is 0 Å². The highest BCUT2D eigenvalue weighted by Crippen LogP contribution is 2.36. The minimum atomic E-state index is -0.977. The number of carboxylic acids is 1. The van der Waals surface area contributed by atoms with Gasteiger partial charge in [-0.25, -0.2) is 4.79 Å². The van der Waals surface area contributed by atoms with Crippen molar-refractivity contribution in [2.45, 2.75) is 65.2 Å². The number of rotatable bonds is 19. The molecule has 5 rings (SSSR count). The SMILES string of the molecule is CCCCCCOc1ccc(N(c2ccc(/C=C/c3ccc(-c4ccc(C(=O)O)cn4)s3)cc2)c2ccc(OCCCCCC)cc2)cc1. The van der Waals surface area contributed by atoms with Gasteiger partial charge in [0.1, 0.15) is 11.5 Å². The molecule has 0 atom stereocenters. The third-order valence-electron chi connectivity index (χ3n) is 8.20. The van der Waals surface area contributed by atoms with E-state index in [1.54, 1.807) is 23.5 Å². The molecule has 0 saturated carbocycles. The average Bonchev–Trinajstić information content (AvgIpc) is 3.62. The van der Waals surface area contributed by atoms with Crippen LogP contribution in [0, 0.1) is 0 Å². The molecule has 49 heavy (non-hydrogen) atoms.